The lowest BCUT2D eigenvalue weighted by atomic mass is 9.80. The summed E-state index contributed by atoms with van der Waals surface area (Å²) in [6.45, 7) is 11.5. The molecule has 0 saturated carbocycles. The van der Waals surface area contributed by atoms with Gasteiger partial charge < -0.3 is 5.11 Å². The van der Waals surface area contributed by atoms with Crippen LogP contribution in [-0.4, -0.2) is 35.2 Å². The van der Waals surface area contributed by atoms with Crippen molar-refractivity contribution in [2.45, 2.75) is 39.7 Å². The maximum absolute atomic E-state index is 8.94. The fourth-order valence-electron chi connectivity index (χ4n) is 2.84. The van der Waals surface area contributed by atoms with Gasteiger partial charge in [-0.3, -0.25) is 4.90 Å². The average Bonchev–Trinajstić information content (AvgIpc) is 2.28. The molecule has 2 heteroatoms. The average molecular weight is 185 g/mol. The predicted octanol–water partition coefficient (Wildman–Crippen LogP) is 1.74. The third-order valence-electron chi connectivity index (χ3n) is 3.61. The van der Waals surface area contributed by atoms with Crippen molar-refractivity contribution in [3.8, 4) is 0 Å². The van der Waals surface area contributed by atoms with Gasteiger partial charge in [-0.25, -0.2) is 0 Å². The lowest BCUT2D eigenvalue weighted by Crippen LogP contribution is -2.45. The molecule has 13 heavy (non-hydrogen) atoms. The van der Waals surface area contributed by atoms with Gasteiger partial charge >= 0.3 is 0 Å². The van der Waals surface area contributed by atoms with Crippen molar-refractivity contribution in [2.75, 3.05) is 19.7 Å². The molecule has 1 unspecified atom stereocenters. The molecule has 1 saturated heterocycles. The van der Waals surface area contributed by atoms with Crippen molar-refractivity contribution in [1.82, 2.24) is 4.90 Å². The summed E-state index contributed by atoms with van der Waals surface area (Å²) in [7, 11) is 0. The minimum Gasteiger partial charge on any atom is -0.395 e. The number of nitrogens with zero attached hydrogens (tertiary/aromatic N) is 1. The fourth-order valence-corrected chi connectivity index (χ4v) is 2.84. The zero-order chi connectivity index (χ0) is 10.1. The van der Waals surface area contributed by atoms with Gasteiger partial charge in [0.15, 0.2) is 0 Å². The van der Waals surface area contributed by atoms with E-state index in [1.54, 1.807) is 0 Å². The summed E-state index contributed by atoms with van der Waals surface area (Å²) in [6.07, 6.45) is 1.28. The van der Waals surface area contributed by atoms with Gasteiger partial charge in [0, 0.05) is 12.1 Å². The van der Waals surface area contributed by atoms with Crippen LogP contribution < -0.4 is 0 Å². The standard InChI is InChI=1S/C11H23NO/c1-9(2)10-5-6-12(7-8-13)11(10,3)4/h9-10,13H,5-8H2,1-4H3. The van der Waals surface area contributed by atoms with E-state index in [4.69, 9.17) is 5.11 Å². The first kappa shape index (κ1) is 11.0. The molecule has 1 atom stereocenters. The van der Waals surface area contributed by atoms with Gasteiger partial charge in [-0.15, -0.1) is 0 Å². The van der Waals surface area contributed by atoms with Gasteiger partial charge in [-0.05, 0) is 38.6 Å². The van der Waals surface area contributed by atoms with Gasteiger partial charge in [0.2, 0.25) is 0 Å². The molecule has 1 heterocycles. The molecule has 0 amide bonds. The van der Waals surface area contributed by atoms with E-state index in [-0.39, 0.29) is 12.1 Å². The first-order valence-electron chi connectivity index (χ1n) is 5.36. The second-order valence-corrected chi connectivity index (χ2v) is 5.00. The van der Waals surface area contributed by atoms with Crippen LogP contribution in [0.2, 0.25) is 0 Å². The molecule has 0 aromatic heterocycles. The molecule has 1 aliphatic rings. The number of β-amino-alcohol motifs (C(OH)–C–C–N with tert-alkyl or cyclic N) is 1. The number of aliphatic hydroxyl groups is 1. The van der Waals surface area contributed by atoms with E-state index < -0.39 is 0 Å². The van der Waals surface area contributed by atoms with E-state index >= 15 is 0 Å². The maximum atomic E-state index is 8.94. The van der Waals surface area contributed by atoms with Gasteiger partial charge in [-0.1, -0.05) is 13.8 Å². The van der Waals surface area contributed by atoms with Crippen molar-refractivity contribution in [3.05, 3.63) is 0 Å². The summed E-state index contributed by atoms with van der Waals surface area (Å²) in [5.74, 6) is 1.53. The lowest BCUT2D eigenvalue weighted by molar-refractivity contribution is 0.0950. The molecule has 0 bridgehead atoms. The van der Waals surface area contributed by atoms with E-state index in [1.807, 2.05) is 0 Å². The molecule has 0 aromatic rings. The first-order valence-corrected chi connectivity index (χ1v) is 5.36. The zero-order valence-corrected chi connectivity index (χ0v) is 9.38. The number of hydrogen-bond donors (Lipinski definition) is 1. The lowest BCUT2D eigenvalue weighted by Gasteiger charge is -2.37. The quantitative estimate of drug-likeness (QED) is 0.724. The minimum atomic E-state index is 0.275. The highest BCUT2D eigenvalue weighted by molar-refractivity contribution is 4.96. The Labute approximate surface area is 81.9 Å². The summed E-state index contributed by atoms with van der Waals surface area (Å²) >= 11 is 0. The topological polar surface area (TPSA) is 23.5 Å². The van der Waals surface area contributed by atoms with Crippen molar-refractivity contribution >= 4 is 0 Å². The van der Waals surface area contributed by atoms with Crippen LogP contribution in [0.3, 0.4) is 0 Å². The normalized spacial score (nSPS) is 28.6. The van der Waals surface area contributed by atoms with Crippen molar-refractivity contribution in [3.63, 3.8) is 0 Å². The van der Waals surface area contributed by atoms with Crippen LogP contribution >= 0.6 is 0 Å². The Morgan fingerprint density at radius 3 is 2.46 bits per heavy atom. The van der Waals surface area contributed by atoms with Gasteiger partial charge in [0.25, 0.3) is 0 Å². The molecule has 0 radical (unpaired) electrons. The highest BCUT2D eigenvalue weighted by atomic mass is 16.3. The highest BCUT2D eigenvalue weighted by Crippen LogP contribution is 2.38. The second-order valence-electron chi connectivity index (χ2n) is 5.00. The Kier molecular flexibility index (Phi) is 3.36. The summed E-state index contributed by atoms with van der Waals surface area (Å²) in [4.78, 5) is 2.41. The molecule has 2 nitrogen and oxygen atoms in total. The van der Waals surface area contributed by atoms with E-state index in [2.05, 4.69) is 32.6 Å². The second kappa shape index (κ2) is 3.97. The molecule has 0 spiro atoms. The Bertz CT molecular complexity index is 165. The molecule has 0 aliphatic carbocycles. The van der Waals surface area contributed by atoms with Crippen molar-refractivity contribution < 1.29 is 5.11 Å². The Hall–Kier alpha value is -0.0800. The van der Waals surface area contributed by atoms with E-state index in [0.717, 1.165) is 24.9 Å². The third-order valence-corrected chi connectivity index (χ3v) is 3.61. The maximum Gasteiger partial charge on any atom is 0.0558 e. The molecule has 0 aromatic carbocycles. The van der Waals surface area contributed by atoms with E-state index in [0.29, 0.717) is 0 Å². The number of likely N-dealkylation sites (tertiary alicyclic amines) is 1. The monoisotopic (exact) mass is 185 g/mol. The van der Waals surface area contributed by atoms with Crippen LogP contribution in [0.1, 0.15) is 34.1 Å². The largest absolute Gasteiger partial charge is 0.395 e. The smallest absolute Gasteiger partial charge is 0.0558 e. The zero-order valence-electron chi connectivity index (χ0n) is 9.38. The van der Waals surface area contributed by atoms with Crippen LogP contribution in [0.15, 0.2) is 0 Å². The first-order chi connectivity index (χ1) is 6.00. The van der Waals surface area contributed by atoms with E-state index in [9.17, 15) is 0 Å². The summed E-state index contributed by atoms with van der Waals surface area (Å²) in [5, 5.41) is 8.94. The summed E-state index contributed by atoms with van der Waals surface area (Å²) in [5.41, 5.74) is 0.275. The van der Waals surface area contributed by atoms with Crippen LogP contribution in [0.5, 0.6) is 0 Å². The Morgan fingerprint density at radius 2 is 2.08 bits per heavy atom. The molecule has 1 aliphatic heterocycles. The Balaban J connectivity index is 2.65. The molecule has 78 valence electrons. The Morgan fingerprint density at radius 1 is 1.46 bits per heavy atom. The van der Waals surface area contributed by atoms with Gasteiger partial charge in [0.05, 0.1) is 6.61 Å². The van der Waals surface area contributed by atoms with Crippen LogP contribution in [0.25, 0.3) is 0 Å². The number of aliphatic hydroxyl groups excluding tert-OH is 1. The SMILES string of the molecule is CC(C)C1CCN(CCO)C1(C)C. The van der Waals surface area contributed by atoms with Gasteiger partial charge in [-0.2, -0.15) is 0 Å². The van der Waals surface area contributed by atoms with Crippen molar-refractivity contribution in [2.24, 2.45) is 11.8 Å². The number of hydrogen-bond acceptors (Lipinski definition) is 2. The third kappa shape index (κ3) is 2.05. The highest BCUT2D eigenvalue weighted by Gasteiger charge is 2.41. The van der Waals surface area contributed by atoms with Crippen LogP contribution in [-0.2, 0) is 0 Å². The van der Waals surface area contributed by atoms with E-state index in [1.165, 1.54) is 6.42 Å². The molecule has 1 rings (SSSR count). The van der Waals surface area contributed by atoms with Crippen molar-refractivity contribution in [1.29, 1.82) is 0 Å². The summed E-state index contributed by atoms with van der Waals surface area (Å²) < 4.78 is 0. The fraction of sp³-hybridized carbons (Fsp3) is 1.00. The minimum absolute atomic E-state index is 0.275. The summed E-state index contributed by atoms with van der Waals surface area (Å²) in [6, 6.07) is 0. The van der Waals surface area contributed by atoms with Crippen LogP contribution in [0.4, 0.5) is 0 Å². The molecular weight excluding hydrogens is 162 g/mol. The molecular formula is C11H23NO. The predicted molar refractivity (Wildman–Crippen MR) is 55.7 cm³/mol. The number of rotatable bonds is 3. The van der Waals surface area contributed by atoms with Crippen LogP contribution in [0, 0.1) is 11.8 Å². The van der Waals surface area contributed by atoms with Gasteiger partial charge in [0.1, 0.15) is 0 Å². The molecule has 1 fully saturated rings. The molecule has 1 N–H and O–H groups in total.